The molecule has 1 aliphatic carbocycles. The minimum Gasteiger partial charge on any atom is -0.382 e. The molecular weight excluding hydrogens is 262 g/mol. The van der Waals surface area contributed by atoms with Gasteiger partial charge >= 0.3 is 0 Å². The molecule has 19 heavy (non-hydrogen) atoms. The molecule has 0 amide bonds. The molecule has 104 valence electrons. The monoisotopic (exact) mass is 281 g/mol. The number of nitrogens with zero attached hydrogens (tertiary/aromatic N) is 4. The summed E-state index contributed by atoms with van der Waals surface area (Å²) in [5.74, 6) is 1.14. The number of rotatable bonds is 2. The zero-order valence-electron chi connectivity index (χ0n) is 11.1. The number of nitrogen functional groups attached to an aromatic ring is 1. The second-order valence-corrected chi connectivity index (χ2v) is 5.74. The third-order valence-electron chi connectivity index (χ3n) is 4.25. The van der Waals surface area contributed by atoms with Crippen LogP contribution < -0.4 is 10.6 Å². The summed E-state index contributed by atoms with van der Waals surface area (Å²) >= 11 is 6.18. The molecule has 0 aromatic carbocycles. The fourth-order valence-electron chi connectivity index (χ4n) is 3.16. The van der Waals surface area contributed by atoms with Crippen LogP contribution in [-0.2, 0) is 0 Å². The smallest absolute Gasteiger partial charge is 0.153 e. The number of halogens is 1. The van der Waals surface area contributed by atoms with Crippen LogP contribution >= 0.6 is 11.6 Å². The molecule has 0 radical (unpaired) electrons. The number of piperazine rings is 1. The maximum atomic E-state index is 6.18. The van der Waals surface area contributed by atoms with Crippen molar-refractivity contribution < 1.29 is 0 Å². The van der Waals surface area contributed by atoms with Crippen LogP contribution in [0.25, 0.3) is 0 Å². The van der Waals surface area contributed by atoms with E-state index >= 15 is 0 Å². The molecule has 1 saturated carbocycles. The fraction of sp³-hybridized carbons (Fsp3) is 0.692. The summed E-state index contributed by atoms with van der Waals surface area (Å²) in [4.78, 5) is 13.0. The molecule has 0 unspecified atom stereocenters. The average molecular weight is 282 g/mol. The van der Waals surface area contributed by atoms with Crippen LogP contribution in [0.3, 0.4) is 0 Å². The highest BCUT2D eigenvalue weighted by Gasteiger charge is 2.27. The van der Waals surface area contributed by atoms with Gasteiger partial charge in [-0.1, -0.05) is 24.4 Å². The Morgan fingerprint density at radius 3 is 2.47 bits per heavy atom. The molecule has 5 nitrogen and oxygen atoms in total. The van der Waals surface area contributed by atoms with E-state index in [4.69, 9.17) is 17.3 Å². The summed E-state index contributed by atoms with van der Waals surface area (Å²) in [6.07, 6.45) is 6.99. The molecule has 2 aliphatic rings. The van der Waals surface area contributed by atoms with Gasteiger partial charge in [0.15, 0.2) is 5.82 Å². The van der Waals surface area contributed by atoms with Gasteiger partial charge in [0.25, 0.3) is 0 Å². The second-order valence-electron chi connectivity index (χ2n) is 5.36. The van der Waals surface area contributed by atoms with E-state index in [-0.39, 0.29) is 0 Å². The number of nitrogens with two attached hydrogens (primary N) is 1. The SMILES string of the molecule is Nc1ncnc(N2CCN(C3CCCC3)CC2)c1Cl. The van der Waals surface area contributed by atoms with Gasteiger partial charge in [-0.3, -0.25) is 4.90 Å². The van der Waals surface area contributed by atoms with Gasteiger partial charge in [-0.15, -0.1) is 0 Å². The molecule has 1 aromatic rings. The molecule has 2 fully saturated rings. The molecule has 1 saturated heterocycles. The molecule has 0 spiro atoms. The van der Waals surface area contributed by atoms with Gasteiger partial charge in [-0.2, -0.15) is 0 Å². The summed E-state index contributed by atoms with van der Waals surface area (Å²) in [6.45, 7) is 4.11. The third-order valence-corrected chi connectivity index (χ3v) is 4.62. The van der Waals surface area contributed by atoms with Gasteiger partial charge in [0.1, 0.15) is 17.2 Å². The Bertz CT molecular complexity index is 439. The molecular formula is C13H20ClN5. The molecule has 0 bridgehead atoms. The second kappa shape index (κ2) is 5.51. The first-order valence-corrected chi connectivity index (χ1v) is 7.38. The highest BCUT2D eigenvalue weighted by molar-refractivity contribution is 6.35. The van der Waals surface area contributed by atoms with Gasteiger partial charge in [0.05, 0.1) is 0 Å². The first-order chi connectivity index (χ1) is 9.25. The normalized spacial score (nSPS) is 22.1. The van der Waals surface area contributed by atoms with E-state index in [1.807, 2.05) is 0 Å². The zero-order chi connectivity index (χ0) is 13.2. The summed E-state index contributed by atoms with van der Waals surface area (Å²) in [7, 11) is 0. The van der Waals surface area contributed by atoms with E-state index in [1.54, 1.807) is 0 Å². The summed E-state index contributed by atoms with van der Waals surface area (Å²) in [6, 6.07) is 0.799. The van der Waals surface area contributed by atoms with Crippen molar-refractivity contribution >= 4 is 23.2 Å². The fourth-order valence-corrected chi connectivity index (χ4v) is 3.38. The highest BCUT2D eigenvalue weighted by atomic mass is 35.5. The average Bonchev–Trinajstić information content (AvgIpc) is 2.96. The molecule has 1 aliphatic heterocycles. The third kappa shape index (κ3) is 2.62. The minimum absolute atomic E-state index is 0.366. The standard InChI is InChI=1S/C13H20ClN5/c14-11-12(15)16-9-17-13(11)19-7-5-18(6-8-19)10-3-1-2-4-10/h9-10H,1-8H2,(H2,15,16,17). The molecule has 3 rings (SSSR count). The highest BCUT2D eigenvalue weighted by Crippen LogP contribution is 2.29. The maximum absolute atomic E-state index is 6.18. The van der Waals surface area contributed by atoms with E-state index < -0.39 is 0 Å². The van der Waals surface area contributed by atoms with E-state index in [9.17, 15) is 0 Å². The van der Waals surface area contributed by atoms with Crippen molar-refractivity contribution in [2.24, 2.45) is 0 Å². The number of hydrogen-bond acceptors (Lipinski definition) is 5. The molecule has 2 heterocycles. The van der Waals surface area contributed by atoms with Crippen molar-refractivity contribution in [3.8, 4) is 0 Å². The Morgan fingerprint density at radius 2 is 1.79 bits per heavy atom. The van der Waals surface area contributed by atoms with Crippen LogP contribution in [0, 0.1) is 0 Å². The van der Waals surface area contributed by atoms with E-state index in [1.165, 1.54) is 32.0 Å². The van der Waals surface area contributed by atoms with Crippen molar-refractivity contribution in [1.82, 2.24) is 14.9 Å². The lowest BCUT2D eigenvalue weighted by atomic mass is 10.2. The van der Waals surface area contributed by atoms with E-state index in [0.717, 1.165) is 38.0 Å². The predicted octanol–water partition coefficient (Wildman–Crippen LogP) is 1.78. The summed E-state index contributed by atoms with van der Waals surface area (Å²) in [5, 5.41) is 0.483. The Balaban J connectivity index is 1.64. The van der Waals surface area contributed by atoms with Crippen LogP contribution in [0.1, 0.15) is 25.7 Å². The molecule has 2 N–H and O–H groups in total. The van der Waals surface area contributed by atoms with Crippen molar-refractivity contribution in [3.05, 3.63) is 11.3 Å². The van der Waals surface area contributed by atoms with Gasteiger partial charge in [0.2, 0.25) is 0 Å². The predicted molar refractivity (Wildman–Crippen MR) is 77.5 cm³/mol. The van der Waals surface area contributed by atoms with Gasteiger partial charge in [-0.05, 0) is 12.8 Å². The first kappa shape index (κ1) is 12.9. The van der Waals surface area contributed by atoms with Gasteiger partial charge in [0, 0.05) is 32.2 Å². The number of aromatic nitrogens is 2. The zero-order valence-corrected chi connectivity index (χ0v) is 11.8. The van der Waals surface area contributed by atoms with Gasteiger partial charge < -0.3 is 10.6 Å². The Hall–Kier alpha value is -1.07. The lowest BCUT2D eigenvalue weighted by Crippen LogP contribution is -2.50. The van der Waals surface area contributed by atoms with Crippen molar-refractivity contribution in [3.63, 3.8) is 0 Å². The lowest BCUT2D eigenvalue weighted by Gasteiger charge is -2.38. The molecule has 0 atom stereocenters. The van der Waals surface area contributed by atoms with Crippen LogP contribution in [0.5, 0.6) is 0 Å². The first-order valence-electron chi connectivity index (χ1n) is 7.00. The maximum Gasteiger partial charge on any atom is 0.153 e. The van der Waals surface area contributed by atoms with E-state index in [2.05, 4.69) is 19.8 Å². The summed E-state index contributed by atoms with van der Waals surface area (Å²) in [5.41, 5.74) is 5.73. The Morgan fingerprint density at radius 1 is 1.11 bits per heavy atom. The van der Waals surface area contributed by atoms with Crippen molar-refractivity contribution in [2.75, 3.05) is 36.8 Å². The topological polar surface area (TPSA) is 58.3 Å². The van der Waals surface area contributed by atoms with Crippen LogP contribution in [-0.4, -0.2) is 47.1 Å². The van der Waals surface area contributed by atoms with Crippen LogP contribution in [0.4, 0.5) is 11.6 Å². The Kier molecular flexibility index (Phi) is 3.75. The van der Waals surface area contributed by atoms with Crippen molar-refractivity contribution in [1.29, 1.82) is 0 Å². The Labute approximate surface area is 118 Å². The van der Waals surface area contributed by atoms with Gasteiger partial charge in [-0.25, -0.2) is 9.97 Å². The minimum atomic E-state index is 0.366. The quantitative estimate of drug-likeness (QED) is 0.895. The number of hydrogen-bond donors (Lipinski definition) is 1. The summed E-state index contributed by atoms with van der Waals surface area (Å²) < 4.78 is 0. The lowest BCUT2D eigenvalue weighted by molar-refractivity contribution is 0.187. The molecule has 1 aromatic heterocycles. The molecule has 6 heteroatoms. The van der Waals surface area contributed by atoms with Crippen LogP contribution in [0.15, 0.2) is 6.33 Å². The van der Waals surface area contributed by atoms with Crippen LogP contribution in [0.2, 0.25) is 5.02 Å². The van der Waals surface area contributed by atoms with Crippen molar-refractivity contribution in [2.45, 2.75) is 31.7 Å². The van der Waals surface area contributed by atoms with E-state index in [0.29, 0.717) is 10.8 Å². The number of anilines is 2. The largest absolute Gasteiger partial charge is 0.382 e.